The summed E-state index contributed by atoms with van der Waals surface area (Å²) in [5, 5.41) is 5.06. The maximum atomic E-state index is 5.81. The zero-order valence-corrected chi connectivity index (χ0v) is 10.6. The summed E-state index contributed by atoms with van der Waals surface area (Å²) in [6.45, 7) is 0. The molecule has 0 radical (unpaired) electrons. The number of anilines is 1. The van der Waals surface area contributed by atoms with Crippen LogP contribution in [0.4, 0.5) is 5.69 Å². The van der Waals surface area contributed by atoms with Gasteiger partial charge in [-0.05, 0) is 42.3 Å². The van der Waals surface area contributed by atoms with Crippen molar-refractivity contribution in [2.45, 2.75) is 0 Å². The van der Waals surface area contributed by atoms with Crippen molar-refractivity contribution < 1.29 is 4.68 Å². The number of nitrogens with one attached hydrogen (secondary N) is 2. The monoisotopic (exact) mass is 244 g/mol. The maximum Gasteiger partial charge on any atom is 0.333 e. The van der Waals surface area contributed by atoms with Crippen LogP contribution in [-0.2, 0) is 0 Å². The Morgan fingerprint density at radius 1 is 1.33 bits per heavy atom. The number of hydrogen-bond acceptors (Lipinski definition) is 2. The average Bonchev–Trinajstić information content (AvgIpc) is 2.27. The minimum atomic E-state index is 0.744. The number of hydrazone groups is 1. The second-order valence-corrected chi connectivity index (χ2v) is 4.16. The van der Waals surface area contributed by atoms with E-state index < -0.39 is 0 Å². The molecule has 0 heterocycles. The number of rotatable bonds is 2. The third kappa shape index (κ3) is 3.64. The number of amidine groups is 1. The zero-order valence-electron chi connectivity index (χ0n) is 9.04. The minimum Gasteiger partial charge on any atom is -0.264 e. The number of hydrazine groups is 1. The summed E-state index contributed by atoms with van der Waals surface area (Å²) in [5.41, 5.74) is 4.05. The van der Waals surface area contributed by atoms with E-state index in [4.69, 9.17) is 11.6 Å². The molecule has 0 amide bonds. The van der Waals surface area contributed by atoms with Crippen molar-refractivity contribution >= 4 is 34.2 Å². The van der Waals surface area contributed by atoms with Gasteiger partial charge in [0.2, 0.25) is 0 Å². The fourth-order valence-electron chi connectivity index (χ4n) is 1.03. The van der Waals surface area contributed by atoms with Gasteiger partial charge in [-0.2, -0.15) is 4.68 Å². The van der Waals surface area contributed by atoms with Gasteiger partial charge in [-0.25, -0.2) is 5.32 Å². The largest absolute Gasteiger partial charge is 0.333 e. The number of benzene rings is 1. The lowest BCUT2D eigenvalue weighted by atomic mass is 10.3. The standard InChI is InChI=1S/C10H14ClN3S/c1-12-14(2)10(15-3)13-9-6-4-8(11)5-7-9/h4-7,12H,1-3H3/p+1. The summed E-state index contributed by atoms with van der Waals surface area (Å²) in [5.74, 6) is 0. The van der Waals surface area contributed by atoms with Gasteiger partial charge in [-0.1, -0.05) is 11.6 Å². The Bertz CT molecular complexity index is 348. The van der Waals surface area contributed by atoms with Crippen molar-refractivity contribution in [1.82, 2.24) is 5.43 Å². The van der Waals surface area contributed by atoms with Crippen LogP contribution in [0.1, 0.15) is 0 Å². The molecule has 0 spiro atoms. The normalized spacial score (nSPS) is 12.0. The van der Waals surface area contributed by atoms with E-state index in [1.807, 2.05) is 49.3 Å². The van der Waals surface area contributed by atoms with Crippen molar-refractivity contribution in [2.75, 3.05) is 25.7 Å². The maximum absolute atomic E-state index is 5.81. The summed E-state index contributed by atoms with van der Waals surface area (Å²) in [4.78, 5) is 0. The second kappa shape index (κ2) is 5.88. The van der Waals surface area contributed by atoms with Crippen molar-refractivity contribution in [1.29, 1.82) is 0 Å². The number of halogens is 1. The van der Waals surface area contributed by atoms with Gasteiger partial charge in [-0.3, -0.25) is 5.43 Å². The topological polar surface area (TPSA) is 27.1 Å². The first-order valence-corrected chi connectivity index (χ1v) is 6.12. The van der Waals surface area contributed by atoms with E-state index in [0.717, 1.165) is 15.9 Å². The Morgan fingerprint density at radius 2 is 1.93 bits per heavy atom. The Kier molecular flexibility index (Phi) is 4.78. The Morgan fingerprint density at radius 3 is 2.40 bits per heavy atom. The van der Waals surface area contributed by atoms with Crippen LogP contribution in [0, 0.1) is 0 Å². The SMILES string of the molecule is CN/[N+](C)=C(/Nc1ccc(Cl)cc1)SC. The molecule has 1 aromatic rings. The smallest absolute Gasteiger partial charge is 0.264 e. The molecule has 0 aliphatic heterocycles. The van der Waals surface area contributed by atoms with Crippen LogP contribution >= 0.6 is 23.4 Å². The third-order valence-electron chi connectivity index (χ3n) is 1.93. The molecular formula is C10H15ClN3S+. The molecule has 3 nitrogen and oxygen atoms in total. The predicted octanol–water partition coefficient (Wildman–Crippen LogP) is 2.25. The van der Waals surface area contributed by atoms with E-state index in [1.165, 1.54) is 0 Å². The summed E-state index contributed by atoms with van der Waals surface area (Å²) in [7, 11) is 3.83. The summed E-state index contributed by atoms with van der Waals surface area (Å²) in [6, 6.07) is 7.62. The first-order valence-electron chi connectivity index (χ1n) is 4.52. The molecule has 0 atom stereocenters. The van der Waals surface area contributed by atoms with E-state index in [0.29, 0.717) is 0 Å². The third-order valence-corrected chi connectivity index (χ3v) is 2.94. The summed E-state index contributed by atoms with van der Waals surface area (Å²) >= 11 is 7.45. The predicted molar refractivity (Wildman–Crippen MR) is 68.8 cm³/mol. The second-order valence-electron chi connectivity index (χ2n) is 2.92. The highest BCUT2D eigenvalue weighted by Gasteiger charge is 2.09. The quantitative estimate of drug-likeness (QED) is 0.362. The van der Waals surface area contributed by atoms with Gasteiger partial charge < -0.3 is 0 Å². The van der Waals surface area contributed by atoms with Crippen LogP contribution in [0.25, 0.3) is 0 Å². The Balaban J connectivity index is 2.80. The zero-order chi connectivity index (χ0) is 11.3. The van der Waals surface area contributed by atoms with Crippen LogP contribution in [0.5, 0.6) is 0 Å². The number of thioether (sulfide) groups is 1. The van der Waals surface area contributed by atoms with E-state index in [1.54, 1.807) is 11.8 Å². The van der Waals surface area contributed by atoms with E-state index in [9.17, 15) is 0 Å². The van der Waals surface area contributed by atoms with Gasteiger partial charge in [0.05, 0.1) is 0 Å². The first kappa shape index (κ1) is 12.2. The van der Waals surface area contributed by atoms with E-state index >= 15 is 0 Å². The highest BCUT2D eigenvalue weighted by molar-refractivity contribution is 8.13. The molecule has 2 N–H and O–H groups in total. The van der Waals surface area contributed by atoms with Crippen molar-refractivity contribution in [3.05, 3.63) is 29.3 Å². The molecule has 0 unspecified atom stereocenters. The molecule has 0 fully saturated rings. The molecule has 0 saturated carbocycles. The molecule has 0 aliphatic carbocycles. The molecule has 82 valence electrons. The van der Waals surface area contributed by atoms with Gasteiger partial charge in [0, 0.05) is 12.1 Å². The van der Waals surface area contributed by atoms with Gasteiger partial charge in [0.25, 0.3) is 0 Å². The number of nitrogens with zero attached hydrogens (tertiary/aromatic N) is 1. The van der Waals surface area contributed by atoms with Crippen molar-refractivity contribution in [3.63, 3.8) is 0 Å². The molecule has 0 aliphatic rings. The molecule has 0 bridgehead atoms. The average molecular weight is 245 g/mol. The van der Waals surface area contributed by atoms with Gasteiger partial charge >= 0.3 is 5.17 Å². The van der Waals surface area contributed by atoms with Crippen molar-refractivity contribution in [2.24, 2.45) is 0 Å². The highest BCUT2D eigenvalue weighted by Crippen LogP contribution is 2.14. The summed E-state index contributed by atoms with van der Waals surface area (Å²) in [6.07, 6.45) is 2.02. The van der Waals surface area contributed by atoms with Gasteiger partial charge in [-0.15, -0.1) is 0 Å². The molecule has 0 saturated heterocycles. The van der Waals surface area contributed by atoms with Crippen LogP contribution in [0.15, 0.2) is 24.3 Å². The van der Waals surface area contributed by atoms with E-state index in [2.05, 4.69) is 10.7 Å². The highest BCUT2D eigenvalue weighted by atomic mass is 35.5. The summed E-state index contributed by atoms with van der Waals surface area (Å²) < 4.78 is 1.92. The fraction of sp³-hybridized carbons (Fsp3) is 0.300. The molecular weight excluding hydrogens is 230 g/mol. The minimum absolute atomic E-state index is 0.744. The molecule has 5 heteroatoms. The molecule has 15 heavy (non-hydrogen) atoms. The number of hydrogen-bond donors (Lipinski definition) is 2. The van der Waals surface area contributed by atoms with Crippen molar-refractivity contribution in [3.8, 4) is 0 Å². The van der Waals surface area contributed by atoms with Crippen LogP contribution < -0.4 is 10.7 Å². The lowest BCUT2D eigenvalue weighted by molar-refractivity contribution is -0.552. The molecule has 1 aromatic carbocycles. The Hall–Kier alpha value is -0.870. The molecule has 0 aromatic heterocycles. The lowest BCUT2D eigenvalue weighted by Gasteiger charge is -2.05. The Labute approximate surface area is 99.5 Å². The van der Waals surface area contributed by atoms with Crippen LogP contribution in [0.3, 0.4) is 0 Å². The van der Waals surface area contributed by atoms with Gasteiger partial charge in [0.1, 0.15) is 12.7 Å². The van der Waals surface area contributed by atoms with Crippen LogP contribution in [0.2, 0.25) is 5.02 Å². The molecule has 1 rings (SSSR count). The van der Waals surface area contributed by atoms with E-state index in [-0.39, 0.29) is 0 Å². The lowest BCUT2D eigenvalue weighted by Crippen LogP contribution is -2.30. The first-order chi connectivity index (χ1) is 7.17. The fourth-order valence-corrected chi connectivity index (χ4v) is 1.74. The van der Waals surface area contributed by atoms with Gasteiger partial charge in [0.15, 0.2) is 0 Å². The van der Waals surface area contributed by atoms with Crippen LogP contribution in [-0.4, -0.2) is 30.2 Å².